The van der Waals surface area contributed by atoms with Gasteiger partial charge in [0.25, 0.3) is 0 Å². The number of methoxy groups -OCH3 is 1. The van der Waals surface area contributed by atoms with Crippen molar-refractivity contribution in [3.8, 4) is 0 Å². The molecule has 0 bridgehead atoms. The molecule has 0 aliphatic carbocycles. The third-order valence-corrected chi connectivity index (χ3v) is 2.91. The van der Waals surface area contributed by atoms with Gasteiger partial charge in [0, 0.05) is 26.4 Å². The van der Waals surface area contributed by atoms with Crippen molar-refractivity contribution in [2.75, 3.05) is 44.0 Å². The standard InChI is InChI=1S/C15H25N3O3/c1-5-21-15(19)12-6-7-17-14(13(12)16)18(8-9-20-4)10-11(2)3/h6-7,11H,5,8-10,16H2,1-4H3. The van der Waals surface area contributed by atoms with Crippen LogP contribution in [0.2, 0.25) is 0 Å². The molecule has 0 saturated carbocycles. The number of pyridine rings is 1. The van der Waals surface area contributed by atoms with Crippen LogP contribution >= 0.6 is 0 Å². The zero-order chi connectivity index (χ0) is 15.8. The topological polar surface area (TPSA) is 77.7 Å². The second-order valence-electron chi connectivity index (χ2n) is 5.15. The molecule has 1 rings (SSSR count). The molecule has 1 aromatic rings. The van der Waals surface area contributed by atoms with Crippen molar-refractivity contribution in [1.82, 2.24) is 4.98 Å². The smallest absolute Gasteiger partial charge is 0.340 e. The Morgan fingerprint density at radius 2 is 2.19 bits per heavy atom. The van der Waals surface area contributed by atoms with Crippen LogP contribution in [0.5, 0.6) is 0 Å². The molecule has 6 nitrogen and oxygen atoms in total. The van der Waals surface area contributed by atoms with Crippen LogP contribution in [0.15, 0.2) is 12.3 Å². The van der Waals surface area contributed by atoms with Gasteiger partial charge in [-0.3, -0.25) is 0 Å². The van der Waals surface area contributed by atoms with Crippen molar-refractivity contribution in [3.63, 3.8) is 0 Å². The van der Waals surface area contributed by atoms with Gasteiger partial charge >= 0.3 is 5.97 Å². The van der Waals surface area contributed by atoms with Crippen LogP contribution in [-0.4, -0.2) is 44.4 Å². The summed E-state index contributed by atoms with van der Waals surface area (Å²) < 4.78 is 10.1. The molecule has 1 aromatic heterocycles. The molecule has 0 amide bonds. The maximum absolute atomic E-state index is 11.9. The molecule has 0 spiro atoms. The van der Waals surface area contributed by atoms with E-state index >= 15 is 0 Å². The molecule has 0 saturated heterocycles. The first-order valence-electron chi connectivity index (χ1n) is 7.16. The van der Waals surface area contributed by atoms with Crippen LogP contribution in [-0.2, 0) is 9.47 Å². The highest BCUT2D eigenvalue weighted by atomic mass is 16.5. The Morgan fingerprint density at radius 3 is 2.76 bits per heavy atom. The van der Waals surface area contributed by atoms with Crippen LogP contribution in [0.25, 0.3) is 0 Å². The van der Waals surface area contributed by atoms with Crippen LogP contribution < -0.4 is 10.6 Å². The first-order chi connectivity index (χ1) is 10.0. The highest BCUT2D eigenvalue weighted by Crippen LogP contribution is 2.25. The lowest BCUT2D eigenvalue weighted by atomic mass is 10.1. The van der Waals surface area contributed by atoms with E-state index in [-0.39, 0.29) is 0 Å². The Kier molecular flexibility index (Phi) is 6.94. The molecule has 0 fully saturated rings. The number of esters is 1. The maximum atomic E-state index is 11.9. The van der Waals surface area contributed by atoms with Gasteiger partial charge in [0.15, 0.2) is 5.82 Å². The van der Waals surface area contributed by atoms with Crippen LogP contribution in [0, 0.1) is 5.92 Å². The number of hydrogen-bond donors (Lipinski definition) is 1. The van der Waals surface area contributed by atoms with Gasteiger partial charge in [-0.25, -0.2) is 9.78 Å². The third kappa shape index (κ3) is 4.90. The summed E-state index contributed by atoms with van der Waals surface area (Å²) in [6.45, 7) is 8.33. The number of nitrogen functional groups attached to an aromatic ring is 1. The Morgan fingerprint density at radius 1 is 1.48 bits per heavy atom. The summed E-state index contributed by atoms with van der Waals surface area (Å²) in [7, 11) is 1.65. The summed E-state index contributed by atoms with van der Waals surface area (Å²) in [5.74, 6) is 0.621. The van der Waals surface area contributed by atoms with Crippen LogP contribution in [0.3, 0.4) is 0 Å². The normalized spacial score (nSPS) is 10.7. The lowest BCUT2D eigenvalue weighted by Crippen LogP contribution is -2.32. The molecular formula is C15H25N3O3. The zero-order valence-corrected chi connectivity index (χ0v) is 13.3. The second-order valence-corrected chi connectivity index (χ2v) is 5.15. The summed E-state index contributed by atoms with van der Waals surface area (Å²) in [5.41, 5.74) is 6.83. The summed E-state index contributed by atoms with van der Waals surface area (Å²) >= 11 is 0. The van der Waals surface area contributed by atoms with E-state index in [1.54, 1.807) is 26.3 Å². The van der Waals surface area contributed by atoms with E-state index < -0.39 is 5.97 Å². The van der Waals surface area contributed by atoms with E-state index in [2.05, 4.69) is 18.8 Å². The molecule has 0 radical (unpaired) electrons. The van der Waals surface area contributed by atoms with E-state index in [0.717, 1.165) is 6.54 Å². The van der Waals surface area contributed by atoms with Crippen LogP contribution in [0.4, 0.5) is 11.5 Å². The summed E-state index contributed by atoms with van der Waals surface area (Å²) in [6, 6.07) is 1.58. The molecule has 0 unspecified atom stereocenters. The number of nitrogens with two attached hydrogens (primary N) is 1. The molecule has 0 aliphatic heterocycles. The molecule has 0 aliphatic rings. The molecular weight excluding hydrogens is 270 g/mol. The minimum Gasteiger partial charge on any atom is -0.462 e. The van der Waals surface area contributed by atoms with Gasteiger partial charge in [-0.1, -0.05) is 13.8 Å². The largest absolute Gasteiger partial charge is 0.462 e. The molecule has 0 atom stereocenters. The average Bonchev–Trinajstić information content (AvgIpc) is 2.43. The first kappa shape index (κ1) is 17.2. The Bertz CT molecular complexity index is 463. The second kappa shape index (κ2) is 8.46. The fourth-order valence-corrected chi connectivity index (χ4v) is 2.03. The predicted molar refractivity (Wildman–Crippen MR) is 83.5 cm³/mol. The van der Waals surface area contributed by atoms with Crippen molar-refractivity contribution in [1.29, 1.82) is 0 Å². The molecule has 1 heterocycles. The fraction of sp³-hybridized carbons (Fsp3) is 0.600. The molecule has 2 N–H and O–H groups in total. The highest BCUT2D eigenvalue weighted by molar-refractivity contribution is 5.97. The molecule has 6 heteroatoms. The quantitative estimate of drug-likeness (QED) is 0.739. The van der Waals surface area contributed by atoms with Crippen molar-refractivity contribution in [3.05, 3.63) is 17.8 Å². The molecule has 21 heavy (non-hydrogen) atoms. The van der Waals surface area contributed by atoms with E-state index in [9.17, 15) is 4.79 Å². The van der Waals surface area contributed by atoms with Crippen molar-refractivity contribution >= 4 is 17.5 Å². The van der Waals surface area contributed by atoms with Gasteiger partial charge in [-0.2, -0.15) is 0 Å². The number of anilines is 2. The lowest BCUT2D eigenvalue weighted by molar-refractivity contribution is 0.0527. The summed E-state index contributed by atoms with van der Waals surface area (Å²) in [5, 5.41) is 0. The first-order valence-corrected chi connectivity index (χ1v) is 7.16. The highest BCUT2D eigenvalue weighted by Gasteiger charge is 2.19. The molecule has 0 aromatic carbocycles. The predicted octanol–water partition coefficient (Wildman–Crippen LogP) is 1.95. The number of carbonyl (C=O) groups excluding carboxylic acids is 1. The Hall–Kier alpha value is -1.82. The summed E-state index contributed by atoms with van der Waals surface area (Å²) in [6.07, 6.45) is 1.58. The van der Waals surface area contributed by atoms with Crippen molar-refractivity contribution in [2.24, 2.45) is 5.92 Å². The third-order valence-electron chi connectivity index (χ3n) is 2.91. The Labute approximate surface area is 126 Å². The van der Waals surface area contributed by atoms with Gasteiger partial charge in [-0.15, -0.1) is 0 Å². The van der Waals surface area contributed by atoms with E-state index in [1.165, 1.54) is 0 Å². The van der Waals surface area contributed by atoms with E-state index in [0.29, 0.717) is 42.7 Å². The Balaban J connectivity index is 3.07. The molecule has 118 valence electrons. The van der Waals surface area contributed by atoms with Crippen molar-refractivity contribution < 1.29 is 14.3 Å². The van der Waals surface area contributed by atoms with Gasteiger partial charge < -0.3 is 20.1 Å². The lowest BCUT2D eigenvalue weighted by Gasteiger charge is -2.27. The number of aromatic nitrogens is 1. The maximum Gasteiger partial charge on any atom is 0.340 e. The van der Waals surface area contributed by atoms with Gasteiger partial charge in [0.1, 0.15) is 0 Å². The number of nitrogens with zero attached hydrogens (tertiary/aromatic N) is 2. The van der Waals surface area contributed by atoms with Crippen LogP contribution in [0.1, 0.15) is 31.1 Å². The number of hydrogen-bond acceptors (Lipinski definition) is 6. The van der Waals surface area contributed by atoms with E-state index in [1.807, 2.05) is 4.90 Å². The zero-order valence-electron chi connectivity index (χ0n) is 13.3. The fourth-order valence-electron chi connectivity index (χ4n) is 2.03. The number of carbonyl (C=O) groups is 1. The monoisotopic (exact) mass is 295 g/mol. The number of rotatable bonds is 8. The van der Waals surface area contributed by atoms with Gasteiger partial charge in [0.2, 0.25) is 0 Å². The minimum atomic E-state index is -0.421. The SMILES string of the molecule is CCOC(=O)c1ccnc(N(CCOC)CC(C)C)c1N. The van der Waals surface area contributed by atoms with E-state index in [4.69, 9.17) is 15.2 Å². The summed E-state index contributed by atoms with van der Waals surface area (Å²) in [4.78, 5) is 18.3. The average molecular weight is 295 g/mol. The number of ether oxygens (including phenoxy) is 2. The minimum absolute atomic E-state index is 0.315. The van der Waals surface area contributed by atoms with Crippen molar-refractivity contribution in [2.45, 2.75) is 20.8 Å². The van der Waals surface area contributed by atoms with Gasteiger partial charge in [-0.05, 0) is 18.9 Å². The van der Waals surface area contributed by atoms with Gasteiger partial charge in [0.05, 0.1) is 24.5 Å².